The van der Waals surface area contributed by atoms with E-state index in [0.29, 0.717) is 24.5 Å². The van der Waals surface area contributed by atoms with E-state index in [2.05, 4.69) is 9.68 Å². The number of nitrogens with zero attached hydrogens (tertiary/aromatic N) is 3. The molecule has 1 aliphatic rings. The Hall–Kier alpha value is -2.39. The summed E-state index contributed by atoms with van der Waals surface area (Å²) in [7, 11) is -3.46. The quantitative estimate of drug-likeness (QED) is 0.773. The molecule has 8 nitrogen and oxygen atoms in total. The van der Waals surface area contributed by atoms with Crippen LogP contribution >= 0.6 is 0 Å². The maximum absolute atomic E-state index is 12.4. The van der Waals surface area contributed by atoms with Crippen LogP contribution in [0.4, 0.5) is 5.69 Å². The number of nitrogens with two attached hydrogens (primary N) is 1. The fourth-order valence-electron chi connectivity index (χ4n) is 2.73. The van der Waals surface area contributed by atoms with Crippen LogP contribution in [0.5, 0.6) is 0 Å². The summed E-state index contributed by atoms with van der Waals surface area (Å²) >= 11 is 0. The molecule has 3 rings (SSSR count). The topological polar surface area (TPSA) is 110 Å². The molecule has 1 fully saturated rings. The fourth-order valence-corrected chi connectivity index (χ4v) is 4.15. The van der Waals surface area contributed by atoms with Gasteiger partial charge < -0.3 is 15.2 Å². The smallest absolute Gasteiger partial charge is 0.227 e. The highest BCUT2D eigenvalue weighted by atomic mass is 32.2. The number of piperazine rings is 1. The number of aromatic nitrogens is 1. The molecule has 0 saturated carbocycles. The fraction of sp³-hybridized carbons (Fsp3) is 0.375. The Bertz CT molecular complexity index is 810. The summed E-state index contributed by atoms with van der Waals surface area (Å²) < 4.78 is 30.8. The lowest BCUT2D eigenvalue weighted by molar-refractivity contribution is -0.131. The largest absolute Gasteiger partial charge is 0.399 e. The van der Waals surface area contributed by atoms with Gasteiger partial charge in [0.25, 0.3) is 0 Å². The second-order valence-electron chi connectivity index (χ2n) is 5.95. The van der Waals surface area contributed by atoms with Crippen molar-refractivity contribution < 1.29 is 17.7 Å². The van der Waals surface area contributed by atoms with E-state index in [-0.39, 0.29) is 31.2 Å². The second-order valence-corrected chi connectivity index (χ2v) is 7.91. The van der Waals surface area contributed by atoms with Crippen molar-refractivity contribution in [1.82, 2.24) is 14.4 Å². The van der Waals surface area contributed by atoms with Crippen LogP contribution in [0.25, 0.3) is 0 Å². The lowest BCUT2D eigenvalue weighted by Gasteiger charge is -2.34. The first kappa shape index (κ1) is 17.4. The average Bonchev–Trinajstić information content (AvgIpc) is 3.09. The summed E-state index contributed by atoms with van der Waals surface area (Å²) in [4.78, 5) is 14.1. The number of nitrogen functional groups attached to an aromatic ring is 1. The van der Waals surface area contributed by atoms with Crippen molar-refractivity contribution >= 4 is 21.6 Å². The molecule has 25 heavy (non-hydrogen) atoms. The Labute approximate surface area is 146 Å². The first-order valence-electron chi connectivity index (χ1n) is 7.93. The molecule has 1 saturated heterocycles. The van der Waals surface area contributed by atoms with E-state index in [0.717, 1.165) is 5.56 Å². The third-order valence-corrected chi connectivity index (χ3v) is 5.95. The third-order valence-electron chi connectivity index (χ3n) is 4.14. The predicted octanol–water partition coefficient (Wildman–Crippen LogP) is 0.474. The zero-order valence-electron chi connectivity index (χ0n) is 13.7. The summed E-state index contributed by atoms with van der Waals surface area (Å²) in [5.74, 6) is -0.207. The van der Waals surface area contributed by atoms with Gasteiger partial charge in [-0.3, -0.25) is 4.79 Å². The van der Waals surface area contributed by atoms with E-state index in [4.69, 9.17) is 5.73 Å². The lowest BCUT2D eigenvalue weighted by atomic mass is 10.1. The number of hydrogen-bond acceptors (Lipinski definition) is 6. The van der Waals surface area contributed by atoms with Crippen molar-refractivity contribution in [2.24, 2.45) is 0 Å². The molecule has 0 bridgehead atoms. The molecule has 1 aliphatic heterocycles. The van der Waals surface area contributed by atoms with Gasteiger partial charge in [0.05, 0.1) is 12.1 Å². The summed E-state index contributed by atoms with van der Waals surface area (Å²) in [5, 5.41) is 3.64. The standard InChI is InChI=1S/C16H20N4O4S/c17-14-3-1-13(2-4-14)11-16(21)19-6-8-20(9-7-19)25(22,23)12-15-5-10-24-18-15/h1-5,10H,6-9,11-12,17H2. The van der Waals surface area contributed by atoms with Crippen molar-refractivity contribution in [3.8, 4) is 0 Å². The highest BCUT2D eigenvalue weighted by Gasteiger charge is 2.29. The Morgan fingerprint density at radius 2 is 1.80 bits per heavy atom. The van der Waals surface area contributed by atoms with Gasteiger partial charge in [-0.1, -0.05) is 17.3 Å². The lowest BCUT2D eigenvalue weighted by Crippen LogP contribution is -2.51. The predicted molar refractivity (Wildman–Crippen MR) is 91.8 cm³/mol. The Balaban J connectivity index is 1.54. The second kappa shape index (κ2) is 7.24. The number of sulfonamides is 1. The maximum atomic E-state index is 12.4. The van der Waals surface area contributed by atoms with Crippen molar-refractivity contribution in [2.45, 2.75) is 12.2 Å². The van der Waals surface area contributed by atoms with Gasteiger partial charge in [-0.15, -0.1) is 0 Å². The van der Waals surface area contributed by atoms with Crippen LogP contribution in [0.2, 0.25) is 0 Å². The molecule has 0 atom stereocenters. The summed E-state index contributed by atoms with van der Waals surface area (Å²) in [6.45, 7) is 1.33. The van der Waals surface area contributed by atoms with Gasteiger partial charge in [-0.25, -0.2) is 8.42 Å². The van der Waals surface area contributed by atoms with Gasteiger partial charge in [0, 0.05) is 37.9 Å². The van der Waals surface area contributed by atoms with Crippen LogP contribution in [0.1, 0.15) is 11.3 Å². The summed E-state index contributed by atoms with van der Waals surface area (Å²) in [6, 6.07) is 8.70. The number of anilines is 1. The van der Waals surface area contributed by atoms with E-state index >= 15 is 0 Å². The molecule has 0 spiro atoms. The molecule has 2 N–H and O–H groups in total. The minimum absolute atomic E-state index is 0.0154. The highest BCUT2D eigenvalue weighted by molar-refractivity contribution is 7.88. The summed E-state index contributed by atoms with van der Waals surface area (Å²) in [5.41, 5.74) is 7.56. The number of amides is 1. The molecular formula is C16H20N4O4S. The molecule has 1 aromatic carbocycles. The average molecular weight is 364 g/mol. The van der Waals surface area contributed by atoms with Gasteiger partial charge in [-0.05, 0) is 17.7 Å². The molecule has 0 radical (unpaired) electrons. The Morgan fingerprint density at radius 3 is 2.40 bits per heavy atom. The minimum Gasteiger partial charge on any atom is -0.399 e. The number of carbonyl (C=O) groups excluding carboxylic acids is 1. The van der Waals surface area contributed by atoms with E-state index in [1.54, 1.807) is 17.0 Å². The first-order valence-corrected chi connectivity index (χ1v) is 9.54. The van der Waals surface area contributed by atoms with Gasteiger partial charge >= 0.3 is 0 Å². The normalized spacial score (nSPS) is 16.1. The van der Waals surface area contributed by atoms with Crippen LogP contribution in [0.15, 0.2) is 41.1 Å². The zero-order chi connectivity index (χ0) is 17.9. The SMILES string of the molecule is Nc1ccc(CC(=O)N2CCN(S(=O)(=O)Cc3ccon3)CC2)cc1. The molecule has 2 aromatic rings. The number of rotatable bonds is 5. The van der Waals surface area contributed by atoms with Gasteiger partial charge in [-0.2, -0.15) is 4.31 Å². The van der Waals surface area contributed by atoms with E-state index in [9.17, 15) is 13.2 Å². The molecule has 1 aromatic heterocycles. The van der Waals surface area contributed by atoms with Crippen molar-refractivity contribution in [1.29, 1.82) is 0 Å². The van der Waals surface area contributed by atoms with Crippen LogP contribution in [0.3, 0.4) is 0 Å². The Kier molecular flexibility index (Phi) is 5.05. The molecule has 0 aliphatic carbocycles. The van der Waals surface area contributed by atoms with E-state index < -0.39 is 10.0 Å². The number of hydrogen-bond donors (Lipinski definition) is 1. The van der Waals surface area contributed by atoms with Crippen molar-refractivity contribution in [2.75, 3.05) is 31.9 Å². The monoisotopic (exact) mass is 364 g/mol. The number of carbonyl (C=O) groups is 1. The van der Waals surface area contributed by atoms with Crippen molar-refractivity contribution in [3.63, 3.8) is 0 Å². The Morgan fingerprint density at radius 1 is 1.12 bits per heavy atom. The molecule has 134 valence electrons. The molecule has 0 unspecified atom stereocenters. The third kappa shape index (κ3) is 4.37. The maximum Gasteiger partial charge on any atom is 0.227 e. The molecule has 2 heterocycles. The molecule has 9 heteroatoms. The number of benzene rings is 1. The molecular weight excluding hydrogens is 344 g/mol. The van der Waals surface area contributed by atoms with Crippen LogP contribution in [-0.4, -0.2) is 54.9 Å². The van der Waals surface area contributed by atoms with Crippen LogP contribution in [-0.2, 0) is 27.0 Å². The van der Waals surface area contributed by atoms with Gasteiger partial charge in [0.15, 0.2) is 0 Å². The van der Waals surface area contributed by atoms with E-state index in [1.165, 1.54) is 16.6 Å². The minimum atomic E-state index is -3.46. The van der Waals surface area contributed by atoms with E-state index in [1.807, 2.05) is 12.1 Å². The van der Waals surface area contributed by atoms with Crippen molar-refractivity contribution in [3.05, 3.63) is 47.9 Å². The van der Waals surface area contributed by atoms with Gasteiger partial charge in [0.1, 0.15) is 12.0 Å². The van der Waals surface area contributed by atoms with Crippen LogP contribution in [0, 0.1) is 0 Å². The van der Waals surface area contributed by atoms with Gasteiger partial charge in [0.2, 0.25) is 15.9 Å². The highest BCUT2D eigenvalue weighted by Crippen LogP contribution is 2.14. The molecule has 1 amide bonds. The summed E-state index contributed by atoms with van der Waals surface area (Å²) in [6.07, 6.45) is 1.63. The van der Waals surface area contributed by atoms with Crippen LogP contribution < -0.4 is 5.73 Å². The zero-order valence-corrected chi connectivity index (χ0v) is 14.5. The first-order chi connectivity index (χ1) is 11.9.